The largest absolute Gasteiger partial charge is 0.0622 e. The summed E-state index contributed by atoms with van der Waals surface area (Å²) < 4.78 is 0. The second-order valence-electron chi connectivity index (χ2n) is 13.5. The topological polar surface area (TPSA) is 0 Å². The van der Waals surface area contributed by atoms with Gasteiger partial charge in [-0.05, 0) is 105 Å². The van der Waals surface area contributed by atoms with Gasteiger partial charge in [-0.3, -0.25) is 0 Å². The van der Waals surface area contributed by atoms with E-state index in [4.69, 9.17) is 0 Å². The molecule has 0 spiro atoms. The number of fused-ring (bicyclic) bond motifs is 4. The van der Waals surface area contributed by atoms with Gasteiger partial charge in [0.05, 0.1) is 0 Å². The van der Waals surface area contributed by atoms with E-state index in [9.17, 15) is 0 Å². The molecule has 10 aromatic carbocycles. The summed E-state index contributed by atoms with van der Waals surface area (Å²) in [6.07, 6.45) is 0. The van der Waals surface area contributed by atoms with E-state index >= 15 is 0 Å². The molecule has 0 saturated heterocycles. The van der Waals surface area contributed by atoms with E-state index in [2.05, 4.69) is 206 Å². The number of hydrogen-bond acceptors (Lipinski definition) is 0. The van der Waals surface area contributed by atoms with Crippen LogP contribution in [-0.4, -0.2) is 0 Å². The molecule has 0 radical (unpaired) electrons. The summed E-state index contributed by atoms with van der Waals surface area (Å²) in [5.74, 6) is 0. The third-order valence-electron chi connectivity index (χ3n) is 10.7. The molecule has 10 aromatic rings. The van der Waals surface area contributed by atoms with E-state index < -0.39 is 0 Å². The Balaban J connectivity index is 1.32. The summed E-state index contributed by atoms with van der Waals surface area (Å²) in [7, 11) is 0. The van der Waals surface area contributed by atoms with Gasteiger partial charge in [-0.2, -0.15) is 0 Å². The molecule has 0 fully saturated rings. The van der Waals surface area contributed by atoms with Crippen LogP contribution in [0.25, 0.3) is 98.7 Å². The lowest BCUT2D eigenvalue weighted by Crippen LogP contribution is -1.95. The van der Waals surface area contributed by atoms with Crippen LogP contribution in [0.15, 0.2) is 206 Å². The van der Waals surface area contributed by atoms with Crippen molar-refractivity contribution in [2.24, 2.45) is 0 Å². The molecule has 0 atom stereocenters. The van der Waals surface area contributed by atoms with E-state index in [1.807, 2.05) is 0 Å². The monoisotopic (exact) mass is 658 g/mol. The van der Waals surface area contributed by atoms with Crippen LogP contribution < -0.4 is 0 Å². The summed E-state index contributed by atoms with van der Waals surface area (Å²) in [6.45, 7) is 0. The van der Waals surface area contributed by atoms with Crippen molar-refractivity contribution in [3.05, 3.63) is 206 Å². The highest BCUT2D eigenvalue weighted by Crippen LogP contribution is 2.50. The molecule has 0 bridgehead atoms. The lowest BCUT2D eigenvalue weighted by atomic mass is 9.80. The first-order valence-electron chi connectivity index (χ1n) is 18.0. The van der Waals surface area contributed by atoms with Crippen LogP contribution in [0.3, 0.4) is 0 Å². The van der Waals surface area contributed by atoms with Crippen LogP contribution in [0, 0.1) is 0 Å². The minimum atomic E-state index is 1.21. The fourth-order valence-corrected chi connectivity index (χ4v) is 8.45. The Hall–Kier alpha value is -6.76. The van der Waals surface area contributed by atoms with Crippen LogP contribution in [0.1, 0.15) is 0 Å². The Bertz CT molecular complexity index is 2810. The molecular weight excluding hydrogens is 625 g/mol. The summed E-state index contributed by atoms with van der Waals surface area (Å²) in [4.78, 5) is 0. The molecular formula is C52H34. The number of rotatable bonds is 5. The van der Waals surface area contributed by atoms with Crippen molar-refractivity contribution in [1.29, 1.82) is 0 Å². The minimum Gasteiger partial charge on any atom is -0.0622 e. The molecule has 52 heavy (non-hydrogen) atoms. The molecule has 0 unspecified atom stereocenters. The van der Waals surface area contributed by atoms with Crippen LogP contribution in [0.2, 0.25) is 0 Å². The highest BCUT2D eigenvalue weighted by atomic mass is 14.3. The number of benzene rings is 10. The molecule has 0 nitrogen and oxygen atoms in total. The zero-order valence-electron chi connectivity index (χ0n) is 28.6. The lowest BCUT2D eigenvalue weighted by Gasteiger charge is -2.22. The standard InChI is InChI=1S/C52H34/c1-4-18-35(19-5-1)39-33-32-38(34-48(39)36-20-6-2-7-21-36)50-42-26-12-16-30-46(42)52(47-31-17-13-27-43(47)50)51-44-28-14-10-24-40(44)49(37-22-8-3-9-23-37)41-25-11-15-29-45(41)51/h1-34H. The van der Waals surface area contributed by atoms with Crippen molar-refractivity contribution in [1.82, 2.24) is 0 Å². The summed E-state index contributed by atoms with van der Waals surface area (Å²) in [5, 5.41) is 10.1. The summed E-state index contributed by atoms with van der Waals surface area (Å²) >= 11 is 0. The third-order valence-corrected chi connectivity index (χ3v) is 10.7. The van der Waals surface area contributed by atoms with Gasteiger partial charge < -0.3 is 0 Å². The Morgan fingerprint density at radius 2 is 0.462 bits per heavy atom. The van der Waals surface area contributed by atoms with Crippen molar-refractivity contribution < 1.29 is 0 Å². The molecule has 10 rings (SSSR count). The molecule has 0 aliphatic rings. The Labute approximate surface area is 303 Å². The highest BCUT2D eigenvalue weighted by molar-refractivity contribution is 6.30. The van der Waals surface area contributed by atoms with Crippen molar-refractivity contribution >= 4 is 43.1 Å². The lowest BCUT2D eigenvalue weighted by molar-refractivity contribution is 1.58. The predicted octanol–water partition coefficient (Wildman–Crippen LogP) is 14.6. The molecule has 242 valence electrons. The quantitative estimate of drug-likeness (QED) is 0.161. The maximum absolute atomic E-state index is 2.41. The Morgan fingerprint density at radius 1 is 0.173 bits per heavy atom. The molecule has 0 N–H and O–H groups in total. The fraction of sp³-hybridized carbons (Fsp3) is 0. The van der Waals surface area contributed by atoms with Gasteiger partial charge in [0, 0.05) is 0 Å². The summed E-state index contributed by atoms with van der Waals surface area (Å²) in [5.41, 5.74) is 12.5. The minimum absolute atomic E-state index is 1.21. The average molecular weight is 659 g/mol. The van der Waals surface area contributed by atoms with Gasteiger partial charge in [0.2, 0.25) is 0 Å². The molecule has 0 aliphatic heterocycles. The predicted molar refractivity (Wildman–Crippen MR) is 224 cm³/mol. The van der Waals surface area contributed by atoms with E-state index in [1.165, 1.54) is 98.7 Å². The van der Waals surface area contributed by atoms with Gasteiger partial charge in [-0.15, -0.1) is 0 Å². The average Bonchev–Trinajstić information content (AvgIpc) is 3.23. The van der Waals surface area contributed by atoms with E-state index in [-0.39, 0.29) is 0 Å². The molecule has 0 heteroatoms. The van der Waals surface area contributed by atoms with Gasteiger partial charge in [0.15, 0.2) is 0 Å². The molecule has 0 aliphatic carbocycles. The van der Waals surface area contributed by atoms with Gasteiger partial charge in [0.25, 0.3) is 0 Å². The van der Waals surface area contributed by atoms with Crippen LogP contribution >= 0.6 is 0 Å². The summed E-state index contributed by atoms with van der Waals surface area (Å²) in [6, 6.07) is 75.4. The second-order valence-corrected chi connectivity index (χ2v) is 13.5. The zero-order valence-corrected chi connectivity index (χ0v) is 28.6. The smallest absolute Gasteiger partial charge is 0.00139 e. The molecule has 0 aromatic heterocycles. The van der Waals surface area contributed by atoms with Gasteiger partial charge in [-0.25, -0.2) is 0 Å². The fourth-order valence-electron chi connectivity index (χ4n) is 8.45. The zero-order chi connectivity index (χ0) is 34.4. The van der Waals surface area contributed by atoms with Gasteiger partial charge in [-0.1, -0.05) is 200 Å². The normalized spacial score (nSPS) is 11.5. The van der Waals surface area contributed by atoms with E-state index in [0.717, 1.165) is 0 Å². The molecule has 0 heterocycles. The van der Waals surface area contributed by atoms with Gasteiger partial charge >= 0.3 is 0 Å². The Kier molecular flexibility index (Phi) is 7.25. The van der Waals surface area contributed by atoms with Crippen LogP contribution in [-0.2, 0) is 0 Å². The van der Waals surface area contributed by atoms with E-state index in [1.54, 1.807) is 0 Å². The van der Waals surface area contributed by atoms with E-state index in [0.29, 0.717) is 0 Å². The molecule has 0 amide bonds. The third kappa shape index (κ3) is 4.84. The van der Waals surface area contributed by atoms with Crippen molar-refractivity contribution in [2.75, 3.05) is 0 Å². The second kappa shape index (κ2) is 12.5. The highest BCUT2D eigenvalue weighted by Gasteiger charge is 2.22. The van der Waals surface area contributed by atoms with Crippen molar-refractivity contribution in [3.63, 3.8) is 0 Å². The number of hydrogen-bond donors (Lipinski definition) is 0. The first kappa shape index (κ1) is 30.1. The van der Waals surface area contributed by atoms with Crippen LogP contribution in [0.5, 0.6) is 0 Å². The first-order chi connectivity index (χ1) is 25.8. The van der Waals surface area contributed by atoms with Crippen molar-refractivity contribution in [2.45, 2.75) is 0 Å². The van der Waals surface area contributed by atoms with Gasteiger partial charge in [0.1, 0.15) is 0 Å². The Morgan fingerprint density at radius 3 is 0.846 bits per heavy atom. The van der Waals surface area contributed by atoms with Crippen molar-refractivity contribution in [3.8, 4) is 55.6 Å². The maximum atomic E-state index is 2.41. The first-order valence-corrected chi connectivity index (χ1v) is 18.0. The molecule has 0 saturated carbocycles. The maximum Gasteiger partial charge on any atom is -0.00139 e. The SMILES string of the molecule is c1ccc(-c2ccc(-c3c4ccccc4c(-c4c5ccccc5c(-c5ccccc5)c5ccccc45)c4ccccc34)cc2-c2ccccc2)cc1. The van der Waals surface area contributed by atoms with Crippen LogP contribution in [0.4, 0.5) is 0 Å².